The van der Waals surface area contributed by atoms with E-state index in [4.69, 9.17) is 5.11 Å². The highest BCUT2D eigenvalue weighted by atomic mass is 16.4. The number of carbonyl (C=O) groups is 2. The molecule has 0 aromatic heterocycles. The molecule has 116 valence electrons. The van der Waals surface area contributed by atoms with Gasteiger partial charge in [0, 0.05) is 26.1 Å². The van der Waals surface area contributed by atoms with Crippen LogP contribution in [0.2, 0.25) is 0 Å². The van der Waals surface area contributed by atoms with Crippen molar-refractivity contribution in [2.45, 2.75) is 31.9 Å². The van der Waals surface area contributed by atoms with Gasteiger partial charge < -0.3 is 24.9 Å². The lowest BCUT2D eigenvalue weighted by atomic mass is 10.2. The van der Waals surface area contributed by atoms with E-state index in [9.17, 15) is 14.7 Å². The summed E-state index contributed by atoms with van der Waals surface area (Å²) in [5, 5.41) is 18.7. The van der Waals surface area contributed by atoms with Crippen LogP contribution in [0.1, 0.15) is 19.8 Å². The molecule has 0 aromatic carbocycles. The number of nitrogens with zero attached hydrogens (tertiary/aromatic N) is 3. The number of aliphatic hydroxyl groups excluding tert-OH is 1. The van der Waals surface area contributed by atoms with Crippen molar-refractivity contribution in [2.75, 3.05) is 40.3 Å². The van der Waals surface area contributed by atoms with Gasteiger partial charge in [0.2, 0.25) is 0 Å². The van der Waals surface area contributed by atoms with Crippen LogP contribution in [-0.2, 0) is 4.79 Å². The Morgan fingerprint density at radius 3 is 2.45 bits per heavy atom. The Morgan fingerprint density at radius 2 is 1.95 bits per heavy atom. The van der Waals surface area contributed by atoms with Gasteiger partial charge in [0.1, 0.15) is 6.04 Å². The number of urea groups is 1. The van der Waals surface area contributed by atoms with Crippen LogP contribution in [-0.4, -0.2) is 89.3 Å². The normalized spacial score (nSPS) is 22.4. The lowest BCUT2D eigenvalue weighted by Gasteiger charge is -2.29. The maximum atomic E-state index is 12.4. The molecule has 2 amide bonds. The molecule has 0 saturated carbocycles. The highest BCUT2D eigenvalue weighted by Crippen LogP contribution is 2.20. The fourth-order valence-corrected chi connectivity index (χ4v) is 2.41. The van der Waals surface area contributed by atoms with Crippen LogP contribution in [0.25, 0.3) is 0 Å². The quantitative estimate of drug-likeness (QED) is 0.712. The van der Waals surface area contributed by atoms with E-state index in [0.717, 1.165) is 13.0 Å². The number of hydrogen-bond donors (Lipinski definition) is 2. The van der Waals surface area contributed by atoms with E-state index in [1.807, 2.05) is 25.9 Å². The third kappa shape index (κ3) is 4.35. The van der Waals surface area contributed by atoms with Crippen molar-refractivity contribution in [1.29, 1.82) is 0 Å². The molecule has 7 heteroatoms. The number of rotatable bonds is 6. The third-order valence-corrected chi connectivity index (χ3v) is 3.50. The van der Waals surface area contributed by atoms with Gasteiger partial charge in [-0.1, -0.05) is 0 Å². The monoisotopic (exact) mass is 287 g/mol. The summed E-state index contributed by atoms with van der Waals surface area (Å²) in [6.07, 6.45) is 0.192. The number of β-amino-alcohol motifs (C(OH)–C–C–N with tert-alkyl or cyclic N) is 1. The number of aliphatic carboxylic acids is 1. The second-order valence-electron chi connectivity index (χ2n) is 5.41. The van der Waals surface area contributed by atoms with Gasteiger partial charge in [0.05, 0.1) is 6.10 Å². The molecule has 1 rings (SSSR count). The molecule has 1 fully saturated rings. The van der Waals surface area contributed by atoms with E-state index in [2.05, 4.69) is 0 Å². The van der Waals surface area contributed by atoms with Crippen molar-refractivity contribution in [2.24, 2.45) is 0 Å². The Morgan fingerprint density at radius 1 is 1.30 bits per heavy atom. The van der Waals surface area contributed by atoms with Gasteiger partial charge >= 0.3 is 12.0 Å². The minimum atomic E-state index is -1.06. The third-order valence-electron chi connectivity index (χ3n) is 3.50. The topological polar surface area (TPSA) is 84.3 Å². The molecular weight excluding hydrogens is 262 g/mol. The van der Waals surface area contributed by atoms with Gasteiger partial charge in [-0.3, -0.25) is 0 Å². The first-order chi connectivity index (χ1) is 9.36. The molecule has 1 aliphatic heterocycles. The van der Waals surface area contributed by atoms with Gasteiger partial charge in [-0.25, -0.2) is 9.59 Å². The number of carboxylic acids is 1. The lowest BCUT2D eigenvalue weighted by molar-refractivity contribution is -0.141. The molecule has 7 nitrogen and oxygen atoms in total. The highest BCUT2D eigenvalue weighted by molar-refractivity contribution is 5.83. The zero-order valence-corrected chi connectivity index (χ0v) is 12.4. The molecule has 0 aliphatic carbocycles. The molecule has 0 unspecified atom stereocenters. The minimum absolute atomic E-state index is 0.0972. The van der Waals surface area contributed by atoms with E-state index in [1.54, 1.807) is 4.90 Å². The fourth-order valence-electron chi connectivity index (χ4n) is 2.41. The van der Waals surface area contributed by atoms with Crippen LogP contribution >= 0.6 is 0 Å². The summed E-state index contributed by atoms with van der Waals surface area (Å²) in [4.78, 5) is 28.5. The first-order valence-electron chi connectivity index (χ1n) is 6.98. The Kier molecular flexibility index (Phi) is 6.22. The average Bonchev–Trinajstić information content (AvgIpc) is 2.76. The van der Waals surface area contributed by atoms with Gasteiger partial charge in [-0.15, -0.1) is 0 Å². The SMILES string of the molecule is CCN(CCCN(C)C)C(=O)N1C[C@H](O)C[C@@H]1C(=O)O. The van der Waals surface area contributed by atoms with Crippen molar-refractivity contribution in [3.63, 3.8) is 0 Å². The van der Waals surface area contributed by atoms with E-state index in [1.165, 1.54) is 4.90 Å². The van der Waals surface area contributed by atoms with Gasteiger partial charge in [0.15, 0.2) is 0 Å². The van der Waals surface area contributed by atoms with Gasteiger partial charge in [-0.2, -0.15) is 0 Å². The first kappa shape index (κ1) is 16.7. The standard InChI is InChI=1S/C13H25N3O4/c1-4-15(7-5-6-14(2)3)13(20)16-9-10(17)8-11(16)12(18)19/h10-11,17H,4-9H2,1-3H3,(H,18,19)/t10-,11-/m1/s1. The van der Waals surface area contributed by atoms with E-state index in [0.29, 0.717) is 13.1 Å². The zero-order valence-electron chi connectivity index (χ0n) is 12.4. The highest BCUT2D eigenvalue weighted by Gasteiger charge is 2.40. The minimum Gasteiger partial charge on any atom is -0.480 e. The van der Waals surface area contributed by atoms with Crippen LogP contribution in [0.5, 0.6) is 0 Å². The van der Waals surface area contributed by atoms with Crippen molar-refractivity contribution >= 4 is 12.0 Å². The Labute approximate surface area is 119 Å². The van der Waals surface area contributed by atoms with Gasteiger partial charge in [-0.05, 0) is 34.0 Å². The van der Waals surface area contributed by atoms with Crippen molar-refractivity contribution in [3.8, 4) is 0 Å². The van der Waals surface area contributed by atoms with Crippen LogP contribution in [0.3, 0.4) is 0 Å². The summed E-state index contributed by atoms with van der Waals surface area (Å²) in [6, 6.07) is -1.21. The smallest absolute Gasteiger partial charge is 0.326 e. The molecule has 20 heavy (non-hydrogen) atoms. The maximum Gasteiger partial charge on any atom is 0.326 e. The van der Waals surface area contributed by atoms with Crippen LogP contribution in [0, 0.1) is 0 Å². The summed E-state index contributed by atoms with van der Waals surface area (Å²) < 4.78 is 0. The van der Waals surface area contributed by atoms with E-state index < -0.39 is 18.1 Å². The second kappa shape index (κ2) is 7.44. The number of aliphatic hydroxyl groups is 1. The number of hydrogen-bond acceptors (Lipinski definition) is 4. The summed E-state index contributed by atoms with van der Waals surface area (Å²) in [5.74, 6) is -1.06. The Hall–Kier alpha value is -1.34. The Balaban J connectivity index is 2.62. The summed E-state index contributed by atoms with van der Waals surface area (Å²) >= 11 is 0. The van der Waals surface area contributed by atoms with Crippen molar-refractivity contribution in [3.05, 3.63) is 0 Å². The van der Waals surface area contributed by atoms with Crippen LogP contribution in [0.4, 0.5) is 4.79 Å². The van der Waals surface area contributed by atoms with Crippen LogP contribution in [0.15, 0.2) is 0 Å². The van der Waals surface area contributed by atoms with Crippen molar-refractivity contribution < 1.29 is 19.8 Å². The summed E-state index contributed by atoms with van der Waals surface area (Å²) in [6.45, 7) is 3.96. The molecule has 0 radical (unpaired) electrons. The molecule has 0 bridgehead atoms. The first-order valence-corrected chi connectivity index (χ1v) is 6.98. The maximum absolute atomic E-state index is 12.4. The molecular formula is C13H25N3O4. The largest absolute Gasteiger partial charge is 0.480 e. The fraction of sp³-hybridized carbons (Fsp3) is 0.846. The predicted octanol–water partition coefficient (Wildman–Crippen LogP) is -0.100. The van der Waals surface area contributed by atoms with E-state index in [-0.39, 0.29) is 19.0 Å². The average molecular weight is 287 g/mol. The number of likely N-dealkylation sites (tertiary alicyclic amines) is 1. The van der Waals surface area contributed by atoms with Gasteiger partial charge in [0.25, 0.3) is 0 Å². The second-order valence-corrected chi connectivity index (χ2v) is 5.41. The summed E-state index contributed by atoms with van der Waals surface area (Å²) in [5.41, 5.74) is 0. The predicted molar refractivity (Wildman–Crippen MR) is 74.6 cm³/mol. The number of amides is 2. The summed E-state index contributed by atoms with van der Waals surface area (Å²) in [7, 11) is 3.94. The van der Waals surface area contributed by atoms with E-state index >= 15 is 0 Å². The molecule has 0 spiro atoms. The molecule has 1 heterocycles. The molecule has 1 saturated heterocycles. The molecule has 0 aromatic rings. The number of carbonyl (C=O) groups excluding carboxylic acids is 1. The zero-order chi connectivity index (χ0) is 15.3. The molecule has 2 atom stereocenters. The molecule has 1 aliphatic rings. The van der Waals surface area contributed by atoms with Crippen LogP contribution < -0.4 is 0 Å². The molecule has 2 N–H and O–H groups in total. The van der Waals surface area contributed by atoms with Crippen molar-refractivity contribution in [1.82, 2.24) is 14.7 Å². The lowest BCUT2D eigenvalue weighted by Crippen LogP contribution is -2.48. The number of carboxylic acid groups (broad SMARTS) is 1. The Bertz CT molecular complexity index is 349.